The molecule has 1 fully saturated rings. The van der Waals surface area contributed by atoms with E-state index >= 15 is 0 Å². The predicted octanol–water partition coefficient (Wildman–Crippen LogP) is 1.07. The van der Waals surface area contributed by atoms with E-state index in [0.29, 0.717) is 6.61 Å². The van der Waals surface area contributed by atoms with Gasteiger partial charge in [0.05, 0.1) is 0 Å². The summed E-state index contributed by atoms with van der Waals surface area (Å²) >= 11 is 0. The van der Waals surface area contributed by atoms with Gasteiger partial charge in [0.15, 0.2) is 0 Å². The molecule has 1 aromatic rings. The Hall–Kier alpha value is -1.39. The largest absolute Gasteiger partial charge is 0.460 e. The Morgan fingerprint density at radius 2 is 2.19 bits per heavy atom. The second-order valence-electron chi connectivity index (χ2n) is 3.99. The second-order valence-corrected chi connectivity index (χ2v) is 3.99. The van der Waals surface area contributed by atoms with Crippen molar-refractivity contribution < 1.29 is 9.53 Å². The molecule has 0 aliphatic carbocycles. The van der Waals surface area contributed by atoms with Gasteiger partial charge in [0.25, 0.3) is 0 Å². The molecule has 16 heavy (non-hydrogen) atoms. The summed E-state index contributed by atoms with van der Waals surface area (Å²) in [7, 11) is 0. The summed E-state index contributed by atoms with van der Waals surface area (Å²) in [4.78, 5) is 11.7. The quantitative estimate of drug-likeness (QED) is 0.611. The molecule has 86 valence electrons. The van der Waals surface area contributed by atoms with E-state index in [1.54, 1.807) is 5.01 Å². The van der Waals surface area contributed by atoms with E-state index in [-0.39, 0.29) is 12.0 Å². The third-order valence-corrected chi connectivity index (χ3v) is 2.79. The lowest BCUT2D eigenvalue weighted by Crippen LogP contribution is -2.41. The van der Waals surface area contributed by atoms with Crippen molar-refractivity contribution in [3.05, 3.63) is 35.9 Å². The molecule has 0 saturated carbocycles. The number of ether oxygens (including phenoxy) is 1. The maximum atomic E-state index is 11.7. The zero-order chi connectivity index (χ0) is 11.4. The Bertz CT molecular complexity index is 353. The molecule has 1 unspecified atom stereocenters. The van der Waals surface area contributed by atoms with Crippen LogP contribution >= 0.6 is 0 Å². The zero-order valence-corrected chi connectivity index (χ0v) is 9.13. The molecule has 1 saturated heterocycles. The van der Waals surface area contributed by atoms with Gasteiger partial charge in [0.1, 0.15) is 12.6 Å². The lowest BCUT2D eigenvalue weighted by atomic mass is 10.2. The van der Waals surface area contributed by atoms with Crippen LogP contribution in [0.15, 0.2) is 30.3 Å². The van der Waals surface area contributed by atoms with Crippen molar-refractivity contribution >= 4 is 5.97 Å². The number of hydrogen-bond donors (Lipinski definition) is 1. The Morgan fingerprint density at radius 1 is 1.44 bits per heavy atom. The fraction of sp³-hybridized carbons (Fsp3) is 0.417. The summed E-state index contributed by atoms with van der Waals surface area (Å²) in [6.45, 7) is 1.09. The fourth-order valence-corrected chi connectivity index (χ4v) is 1.87. The molecule has 1 atom stereocenters. The van der Waals surface area contributed by atoms with Gasteiger partial charge < -0.3 is 4.74 Å². The number of esters is 1. The minimum Gasteiger partial charge on any atom is -0.460 e. The van der Waals surface area contributed by atoms with Crippen LogP contribution in [0, 0.1) is 0 Å². The average Bonchev–Trinajstić information content (AvgIpc) is 2.74. The molecule has 1 aliphatic rings. The van der Waals surface area contributed by atoms with Crippen LogP contribution in [0.4, 0.5) is 0 Å². The Labute approximate surface area is 95.0 Å². The molecular formula is C12H16N2O2. The number of carbonyl (C=O) groups is 1. The highest BCUT2D eigenvalue weighted by molar-refractivity contribution is 5.76. The Morgan fingerprint density at radius 3 is 2.81 bits per heavy atom. The fourth-order valence-electron chi connectivity index (χ4n) is 1.87. The van der Waals surface area contributed by atoms with Crippen molar-refractivity contribution in [1.29, 1.82) is 0 Å². The monoisotopic (exact) mass is 220 g/mol. The van der Waals surface area contributed by atoms with E-state index in [0.717, 1.165) is 24.9 Å². The molecule has 0 radical (unpaired) electrons. The van der Waals surface area contributed by atoms with Crippen molar-refractivity contribution in [2.45, 2.75) is 25.5 Å². The topological polar surface area (TPSA) is 55.6 Å². The van der Waals surface area contributed by atoms with Gasteiger partial charge in [-0.3, -0.25) is 10.6 Å². The normalized spacial score (nSPS) is 20.9. The van der Waals surface area contributed by atoms with E-state index < -0.39 is 0 Å². The summed E-state index contributed by atoms with van der Waals surface area (Å²) in [6, 6.07) is 9.39. The predicted molar refractivity (Wildman–Crippen MR) is 60.2 cm³/mol. The molecule has 0 amide bonds. The molecule has 2 N–H and O–H groups in total. The van der Waals surface area contributed by atoms with Gasteiger partial charge in [-0.2, -0.15) is 0 Å². The first-order valence-corrected chi connectivity index (χ1v) is 5.49. The van der Waals surface area contributed by atoms with Crippen LogP contribution in [0.2, 0.25) is 0 Å². The summed E-state index contributed by atoms with van der Waals surface area (Å²) in [6.07, 6.45) is 1.76. The molecule has 1 aromatic carbocycles. The van der Waals surface area contributed by atoms with Crippen molar-refractivity contribution in [2.24, 2.45) is 5.84 Å². The lowest BCUT2D eigenvalue weighted by Gasteiger charge is -2.17. The first kappa shape index (κ1) is 11.1. The number of nitrogens with zero attached hydrogens (tertiary/aromatic N) is 1. The molecular weight excluding hydrogens is 204 g/mol. The van der Waals surface area contributed by atoms with Gasteiger partial charge in [-0.1, -0.05) is 30.3 Å². The third kappa shape index (κ3) is 2.59. The van der Waals surface area contributed by atoms with Gasteiger partial charge >= 0.3 is 5.97 Å². The number of nitrogens with two attached hydrogens (primary N) is 1. The van der Waals surface area contributed by atoms with E-state index in [1.165, 1.54) is 0 Å². The third-order valence-electron chi connectivity index (χ3n) is 2.79. The van der Waals surface area contributed by atoms with Crippen LogP contribution < -0.4 is 5.84 Å². The maximum absolute atomic E-state index is 11.7. The summed E-state index contributed by atoms with van der Waals surface area (Å²) < 4.78 is 5.22. The van der Waals surface area contributed by atoms with Gasteiger partial charge in [-0.25, -0.2) is 5.01 Å². The van der Waals surface area contributed by atoms with Crippen molar-refractivity contribution in [3.63, 3.8) is 0 Å². The summed E-state index contributed by atoms with van der Waals surface area (Å²) in [5.41, 5.74) is 0.998. The second kappa shape index (κ2) is 5.09. The molecule has 0 bridgehead atoms. The van der Waals surface area contributed by atoms with Crippen LogP contribution in [0.25, 0.3) is 0 Å². The maximum Gasteiger partial charge on any atom is 0.325 e. The highest BCUT2D eigenvalue weighted by atomic mass is 16.5. The first-order chi connectivity index (χ1) is 7.77. The molecule has 0 spiro atoms. The van der Waals surface area contributed by atoms with Crippen LogP contribution in [0.3, 0.4) is 0 Å². The Balaban J connectivity index is 1.84. The van der Waals surface area contributed by atoms with Gasteiger partial charge in [0, 0.05) is 6.54 Å². The minimum absolute atomic E-state index is 0.219. The van der Waals surface area contributed by atoms with E-state index in [4.69, 9.17) is 10.6 Å². The molecule has 0 aromatic heterocycles. The van der Waals surface area contributed by atoms with E-state index in [1.807, 2.05) is 30.3 Å². The van der Waals surface area contributed by atoms with Crippen molar-refractivity contribution in [3.8, 4) is 0 Å². The lowest BCUT2D eigenvalue weighted by molar-refractivity contribution is -0.150. The number of rotatable bonds is 3. The number of carbonyl (C=O) groups excluding carboxylic acids is 1. The van der Waals surface area contributed by atoms with Gasteiger partial charge in [0.2, 0.25) is 0 Å². The number of hydrogen-bond acceptors (Lipinski definition) is 4. The summed E-state index contributed by atoms with van der Waals surface area (Å²) in [5.74, 6) is 5.46. The number of hydrazine groups is 1. The molecule has 2 rings (SSSR count). The standard InChI is InChI=1S/C12H16N2O2/c13-14-8-4-7-11(14)12(15)16-9-10-5-2-1-3-6-10/h1-3,5-6,11H,4,7-9,13H2. The van der Waals surface area contributed by atoms with Crippen molar-refractivity contribution in [2.75, 3.05) is 6.54 Å². The van der Waals surface area contributed by atoms with Gasteiger partial charge in [-0.05, 0) is 18.4 Å². The highest BCUT2D eigenvalue weighted by Crippen LogP contribution is 2.15. The number of benzene rings is 1. The zero-order valence-electron chi connectivity index (χ0n) is 9.13. The van der Waals surface area contributed by atoms with Crippen LogP contribution in [0.5, 0.6) is 0 Å². The van der Waals surface area contributed by atoms with Crippen LogP contribution in [-0.2, 0) is 16.1 Å². The molecule has 1 aliphatic heterocycles. The SMILES string of the molecule is NN1CCCC1C(=O)OCc1ccccc1. The Kier molecular flexibility index (Phi) is 3.54. The molecule has 1 heterocycles. The average molecular weight is 220 g/mol. The minimum atomic E-state index is -0.260. The smallest absolute Gasteiger partial charge is 0.325 e. The van der Waals surface area contributed by atoms with Crippen LogP contribution in [0.1, 0.15) is 18.4 Å². The molecule has 4 nitrogen and oxygen atoms in total. The van der Waals surface area contributed by atoms with Gasteiger partial charge in [-0.15, -0.1) is 0 Å². The van der Waals surface area contributed by atoms with Crippen LogP contribution in [-0.4, -0.2) is 23.6 Å². The first-order valence-electron chi connectivity index (χ1n) is 5.49. The highest BCUT2D eigenvalue weighted by Gasteiger charge is 2.29. The van der Waals surface area contributed by atoms with E-state index in [2.05, 4.69) is 0 Å². The molecule has 4 heteroatoms. The van der Waals surface area contributed by atoms with E-state index in [9.17, 15) is 4.79 Å². The van der Waals surface area contributed by atoms with Crippen molar-refractivity contribution in [1.82, 2.24) is 5.01 Å². The summed E-state index contributed by atoms with van der Waals surface area (Å²) in [5, 5.41) is 1.56.